The second-order valence-electron chi connectivity index (χ2n) is 4.42. The van der Waals surface area contributed by atoms with Crippen molar-refractivity contribution in [2.24, 2.45) is 0 Å². The first-order valence-electron chi connectivity index (χ1n) is 5.52. The van der Waals surface area contributed by atoms with Gasteiger partial charge in [0, 0.05) is 13.1 Å². The van der Waals surface area contributed by atoms with E-state index in [-0.39, 0.29) is 0 Å². The number of hydrogen-bond acceptors (Lipinski definition) is 3. The van der Waals surface area contributed by atoms with Crippen LogP contribution >= 0.6 is 0 Å². The predicted octanol–water partition coefficient (Wildman–Crippen LogP) is 1.18. The van der Waals surface area contributed by atoms with Gasteiger partial charge in [0.15, 0.2) is 0 Å². The molecule has 1 unspecified atom stereocenters. The van der Waals surface area contributed by atoms with E-state index in [1.54, 1.807) is 6.26 Å². The highest BCUT2D eigenvalue weighted by Gasteiger charge is 2.33. The summed E-state index contributed by atoms with van der Waals surface area (Å²) >= 11 is 0. The van der Waals surface area contributed by atoms with Crippen LogP contribution in [0, 0.1) is 0 Å². The summed E-state index contributed by atoms with van der Waals surface area (Å²) < 4.78 is 5.42. The summed E-state index contributed by atoms with van der Waals surface area (Å²) in [6.07, 6.45) is 9.39. The molecule has 14 heavy (non-hydrogen) atoms. The summed E-state index contributed by atoms with van der Waals surface area (Å²) in [4.78, 5) is 0. The molecule has 80 valence electrons. The molecule has 3 heteroatoms. The molecule has 1 aliphatic heterocycles. The van der Waals surface area contributed by atoms with Crippen molar-refractivity contribution in [3.05, 3.63) is 12.3 Å². The molecule has 0 aromatic carbocycles. The van der Waals surface area contributed by atoms with Gasteiger partial charge in [0.2, 0.25) is 0 Å². The van der Waals surface area contributed by atoms with E-state index in [2.05, 4.69) is 11.4 Å². The lowest BCUT2D eigenvalue weighted by Gasteiger charge is -2.37. The SMILES string of the molecule is OC1(CNCC2CCC=CO2)CCC1. The fourth-order valence-electron chi connectivity index (χ4n) is 1.96. The molecular formula is C11H19NO2. The molecule has 2 aliphatic rings. The number of nitrogens with one attached hydrogen (secondary N) is 1. The van der Waals surface area contributed by atoms with E-state index in [4.69, 9.17) is 4.74 Å². The number of hydrogen-bond donors (Lipinski definition) is 2. The lowest BCUT2D eigenvalue weighted by Crippen LogP contribution is -2.47. The standard InChI is InChI=1S/C11H19NO2/c13-11(5-3-6-11)9-12-8-10-4-1-2-7-14-10/h2,7,10,12-13H,1,3-6,8-9H2. The van der Waals surface area contributed by atoms with Gasteiger partial charge >= 0.3 is 0 Å². The predicted molar refractivity (Wildman–Crippen MR) is 54.9 cm³/mol. The van der Waals surface area contributed by atoms with Crippen molar-refractivity contribution in [2.45, 2.75) is 43.8 Å². The minimum absolute atomic E-state index is 0.295. The van der Waals surface area contributed by atoms with Crippen LogP contribution in [0.15, 0.2) is 12.3 Å². The zero-order valence-electron chi connectivity index (χ0n) is 8.54. The molecule has 3 nitrogen and oxygen atoms in total. The van der Waals surface area contributed by atoms with E-state index in [0.717, 1.165) is 38.8 Å². The van der Waals surface area contributed by atoms with Crippen LogP contribution in [-0.4, -0.2) is 29.9 Å². The monoisotopic (exact) mass is 197 g/mol. The Morgan fingerprint density at radius 1 is 1.50 bits per heavy atom. The Morgan fingerprint density at radius 3 is 2.93 bits per heavy atom. The Hall–Kier alpha value is -0.540. The van der Waals surface area contributed by atoms with Crippen LogP contribution in [0.4, 0.5) is 0 Å². The summed E-state index contributed by atoms with van der Waals surface area (Å²) in [5.74, 6) is 0. The summed E-state index contributed by atoms with van der Waals surface area (Å²) in [5, 5.41) is 13.1. The van der Waals surface area contributed by atoms with Gasteiger partial charge in [0.05, 0.1) is 11.9 Å². The highest BCUT2D eigenvalue weighted by molar-refractivity contribution is 4.90. The average Bonchev–Trinajstić information content (AvgIpc) is 2.17. The van der Waals surface area contributed by atoms with Crippen LogP contribution < -0.4 is 5.32 Å². The van der Waals surface area contributed by atoms with Gasteiger partial charge in [0.1, 0.15) is 6.10 Å². The van der Waals surface area contributed by atoms with Crippen molar-refractivity contribution in [2.75, 3.05) is 13.1 Å². The molecule has 2 rings (SSSR count). The van der Waals surface area contributed by atoms with E-state index < -0.39 is 5.60 Å². The Morgan fingerprint density at radius 2 is 2.36 bits per heavy atom. The van der Waals surface area contributed by atoms with E-state index in [1.807, 2.05) is 0 Å². The van der Waals surface area contributed by atoms with Crippen molar-refractivity contribution < 1.29 is 9.84 Å². The second-order valence-corrected chi connectivity index (χ2v) is 4.42. The molecule has 1 atom stereocenters. The summed E-state index contributed by atoms with van der Waals surface area (Å²) in [6.45, 7) is 1.57. The molecule has 0 aromatic rings. The van der Waals surface area contributed by atoms with Gasteiger partial charge in [-0.15, -0.1) is 0 Å². The van der Waals surface area contributed by atoms with Crippen LogP contribution in [0.2, 0.25) is 0 Å². The Kier molecular flexibility index (Phi) is 3.08. The molecule has 1 saturated carbocycles. The van der Waals surface area contributed by atoms with Crippen LogP contribution in [0.5, 0.6) is 0 Å². The molecule has 0 spiro atoms. The Labute approximate surface area is 85.1 Å². The van der Waals surface area contributed by atoms with Gasteiger partial charge < -0.3 is 15.2 Å². The van der Waals surface area contributed by atoms with Crippen molar-refractivity contribution >= 4 is 0 Å². The lowest BCUT2D eigenvalue weighted by atomic mass is 9.80. The first kappa shape index (κ1) is 9.99. The minimum Gasteiger partial charge on any atom is -0.497 e. The van der Waals surface area contributed by atoms with Gasteiger partial charge in [-0.3, -0.25) is 0 Å². The fourth-order valence-corrected chi connectivity index (χ4v) is 1.96. The van der Waals surface area contributed by atoms with E-state index in [9.17, 15) is 5.11 Å². The van der Waals surface area contributed by atoms with E-state index >= 15 is 0 Å². The van der Waals surface area contributed by atoms with Crippen molar-refractivity contribution in [1.82, 2.24) is 5.32 Å². The third-order valence-corrected chi connectivity index (χ3v) is 3.13. The molecule has 1 heterocycles. The van der Waals surface area contributed by atoms with Gasteiger partial charge in [-0.05, 0) is 38.2 Å². The van der Waals surface area contributed by atoms with Crippen molar-refractivity contribution in [3.8, 4) is 0 Å². The summed E-state index contributed by atoms with van der Waals surface area (Å²) in [5.41, 5.74) is -0.412. The number of ether oxygens (including phenoxy) is 1. The van der Waals surface area contributed by atoms with Crippen molar-refractivity contribution in [3.63, 3.8) is 0 Å². The highest BCUT2D eigenvalue weighted by Crippen LogP contribution is 2.30. The molecule has 1 fully saturated rings. The smallest absolute Gasteiger partial charge is 0.110 e. The van der Waals surface area contributed by atoms with Crippen LogP contribution in [-0.2, 0) is 4.74 Å². The molecule has 0 amide bonds. The normalized spacial score (nSPS) is 29.4. The number of rotatable bonds is 4. The largest absolute Gasteiger partial charge is 0.497 e. The lowest BCUT2D eigenvalue weighted by molar-refractivity contribution is -0.0333. The first-order chi connectivity index (χ1) is 6.79. The van der Waals surface area contributed by atoms with Crippen LogP contribution in [0.1, 0.15) is 32.1 Å². The number of aliphatic hydroxyl groups is 1. The molecule has 0 aromatic heterocycles. The van der Waals surface area contributed by atoms with E-state index in [1.165, 1.54) is 6.42 Å². The zero-order valence-corrected chi connectivity index (χ0v) is 8.54. The van der Waals surface area contributed by atoms with Gasteiger partial charge in [-0.1, -0.05) is 0 Å². The zero-order chi connectivity index (χ0) is 9.86. The minimum atomic E-state index is -0.412. The maximum atomic E-state index is 9.82. The Balaban J connectivity index is 1.60. The molecule has 0 saturated heterocycles. The average molecular weight is 197 g/mol. The number of allylic oxidation sites excluding steroid dienone is 1. The first-order valence-corrected chi connectivity index (χ1v) is 5.52. The van der Waals surface area contributed by atoms with Crippen LogP contribution in [0.3, 0.4) is 0 Å². The van der Waals surface area contributed by atoms with Gasteiger partial charge in [-0.25, -0.2) is 0 Å². The van der Waals surface area contributed by atoms with Crippen LogP contribution in [0.25, 0.3) is 0 Å². The van der Waals surface area contributed by atoms with Crippen molar-refractivity contribution in [1.29, 1.82) is 0 Å². The molecule has 1 aliphatic carbocycles. The quantitative estimate of drug-likeness (QED) is 0.711. The Bertz CT molecular complexity index is 211. The fraction of sp³-hybridized carbons (Fsp3) is 0.818. The molecule has 0 radical (unpaired) electrons. The third-order valence-electron chi connectivity index (χ3n) is 3.13. The van der Waals surface area contributed by atoms with Gasteiger partial charge in [-0.2, -0.15) is 0 Å². The topological polar surface area (TPSA) is 41.5 Å². The van der Waals surface area contributed by atoms with E-state index in [0.29, 0.717) is 6.10 Å². The summed E-state index contributed by atoms with van der Waals surface area (Å²) in [6, 6.07) is 0. The van der Waals surface area contributed by atoms with Gasteiger partial charge in [0.25, 0.3) is 0 Å². The second kappa shape index (κ2) is 4.32. The summed E-state index contributed by atoms with van der Waals surface area (Å²) in [7, 11) is 0. The molecule has 0 bridgehead atoms. The maximum absolute atomic E-state index is 9.82. The third kappa shape index (κ3) is 2.49. The maximum Gasteiger partial charge on any atom is 0.110 e. The molecular weight excluding hydrogens is 178 g/mol. The highest BCUT2D eigenvalue weighted by atomic mass is 16.5. The molecule has 2 N–H and O–H groups in total.